The second kappa shape index (κ2) is 5.07. The molecule has 1 aliphatic heterocycles. The highest BCUT2D eigenvalue weighted by Crippen LogP contribution is 2.31. The highest BCUT2D eigenvalue weighted by Gasteiger charge is 2.33. The van der Waals surface area contributed by atoms with Gasteiger partial charge in [0.25, 0.3) is 0 Å². The molecule has 4 nitrogen and oxygen atoms in total. The Kier molecular flexibility index (Phi) is 3.69. The molecule has 96 valence electrons. The molecule has 1 atom stereocenters. The molecule has 0 bridgehead atoms. The number of nitrogens with zero attached hydrogens (tertiary/aromatic N) is 1. The van der Waals surface area contributed by atoms with Crippen LogP contribution in [0.15, 0.2) is 0 Å². The van der Waals surface area contributed by atoms with E-state index < -0.39 is 5.97 Å². The zero-order valence-corrected chi connectivity index (χ0v) is 10.4. The third kappa shape index (κ3) is 2.79. The monoisotopic (exact) mass is 239 g/mol. The van der Waals surface area contributed by atoms with E-state index in [-0.39, 0.29) is 17.7 Å². The molecule has 0 aromatic carbocycles. The second-order valence-corrected chi connectivity index (χ2v) is 5.56. The Morgan fingerprint density at radius 3 is 2.12 bits per heavy atom. The van der Waals surface area contributed by atoms with Gasteiger partial charge in [0.1, 0.15) is 0 Å². The van der Waals surface area contributed by atoms with Gasteiger partial charge < -0.3 is 10.0 Å². The summed E-state index contributed by atoms with van der Waals surface area (Å²) in [7, 11) is 0. The van der Waals surface area contributed by atoms with Crippen LogP contribution in [0.4, 0.5) is 0 Å². The SMILES string of the molecule is CC1CCN(C(=O)C2CCC(C(=O)O)CC2)C1. The number of carboxylic acid groups (broad SMARTS) is 1. The van der Waals surface area contributed by atoms with Gasteiger partial charge in [-0.15, -0.1) is 0 Å². The molecule has 1 saturated heterocycles. The molecule has 0 aromatic heterocycles. The van der Waals surface area contributed by atoms with Crippen molar-refractivity contribution in [2.24, 2.45) is 17.8 Å². The van der Waals surface area contributed by atoms with Gasteiger partial charge >= 0.3 is 5.97 Å². The van der Waals surface area contributed by atoms with Gasteiger partial charge in [-0.3, -0.25) is 9.59 Å². The lowest BCUT2D eigenvalue weighted by atomic mass is 9.81. The zero-order valence-electron chi connectivity index (χ0n) is 10.4. The van der Waals surface area contributed by atoms with Crippen LogP contribution in [0.3, 0.4) is 0 Å². The Bertz CT molecular complexity index is 308. The molecule has 1 unspecified atom stereocenters. The minimum Gasteiger partial charge on any atom is -0.481 e. The van der Waals surface area contributed by atoms with Crippen molar-refractivity contribution in [2.45, 2.75) is 39.0 Å². The third-order valence-corrected chi connectivity index (χ3v) is 4.16. The molecule has 2 rings (SSSR count). The van der Waals surface area contributed by atoms with Crippen LogP contribution >= 0.6 is 0 Å². The maximum absolute atomic E-state index is 12.2. The summed E-state index contributed by atoms with van der Waals surface area (Å²) in [6, 6.07) is 0. The van der Waals surface area contributed by atoms with Crippen LogP contribution in [0.25, 0.3) is 0 Å². The van der Waals surface area contributed by atoms with Gasteiger partial charge in [0.05, 0.1) is 5.92 Å². The number of hydrogen-bond acceptors (Lipinski definition) is 2. The fraction of sp³-hybridized carbons (Fsp3) is 0.846. The van der Waals surface area contributed by atoms with Gasteiger partial charge in [-0.25, -0.2) is 0 Å². The highest BCUT2D eigenvalue weighted by atomic mass is 16.4. The summed E-state index contributed by atoms with van der Waals surface area (Å²) in [6.07, 6.45) is 3.93. The topological polar surface area (TPSA) is 57.6 Å². The van der Waals surface area contributed by atoms with E-state index in [1.165, 1.54) is 0 Å². The predicted molar refractivity (Wildman–Crippen MR) is 63.4 cm³/mol. The molecule has 0 radical (unpaired) electrons. The summed E-state index contributed by atoms with van der Waals surface area (Å²) in [5.74, 6) is 0.0330. The number of carbonyl (C=O) groups excluding carboxylic acids is 1. The molecule has 1 aliphatic carbocycles. The van der Waals surface area contributed by atoms with Crippen LogP contribution in [0.2, 0.25) is 0 Å². The summed E-state index contributed by atoms with van der Waals surface area (Å²) in [5.41, 5.74) is 0. The maximum atomic E-state index is 12.2. The molecule has 0 aromatic rings. The fourth-order valence-electron chi connectivity index (χ4n) is 2.98. The first-order valence-corrected chi connectivity index (χ1v) is 6.59. The van der Waals surface area contributed by atoms with Gasteiger partial charge in [0.15, 0.2) is 0 Å². The van der Waals surface area contributed by atoms with E-state index in [1.54, 1.807) is 0 Å². The molecule has 2 aliphatic rings. The van der Waals surface area contributed by atoms with Crippen molar-refractivity contribution in [3.8, 4) is 0 Å². The van der Waals surface area contributed by atoms with E-state index in [2.05, 4.69) is 6.92 Å². The lowest BCUT2D eigenvalue weighted by Gasteiger charge is -2.28. The summed E-state index contributed by atoms with van der Waals surface area (Å²) in [5, 5.41) is 8.91. The van der Waals surface area contributed by atoms with Gasteiger partial charge in [-0.1, -0.05) is 6.92 Å². The summed E-state index contributed by atoms with van der Waals surface area (Å²) in [4.78, 5) is 25.0. The first kappa shape index (κ1) is 12.4. The molecule has 1 N–H and O–H groups in total. The third-order valence-electron chi connectivity index (χ3n) is 4.16. The van der Waals surface area contributed by atoms with Gasteiger partial charge in [0, 0.05) is 19.0 Å². The number of carboxylic acids is 1. The van der Waals surface area contributed by atoms with Crippen molar-refractivity contribution in [3.05, 3.63) is 0 Å². The molecular weight excluding hydrogens is 218 g/mol. The smallest absolute Gasteiger partial charge is 0.306 e. The number of carbonyl (C=O) groups is 2. The fourth-order valence-corrected chi connectivity index (χ4v) is 2.98. The van der Waals surface area contributed by atoms with E-state index in [0.29, 0.717) is 18.8 Å². The van der Waals surface area contributed by atoms with Crippen LogP contribution < -0.4 is 0 Å². The van der Waals surface area contributed by atoms with Crippen molar-refractivity contribution < 1.29 is 14.7 Å². The Labute approximate surface area is 102 Å². The normalized spacial score (nSPS) is 33.7. The van der Waals surface area contributed by atoms with Gasteiger partial charge in [-0.05, 0) is 38.0 Å². The largest absolute Gasteiger partial charge is 0.481 e. The Hall–Kier alpha value is -1.06. The number of rotatable bonds is 2. The molecular formula is C13H21NO3. The molecule has 1 saturated carbocycles. The second-order valence-electron chi connectivity index (χ2n) is 5.56. The standard InChI is InChI=1S/C13H21NO3/c1-9-6-7-14(8-9)12(15)10-2-4-11(5-3-10)13(16)17/h9-11H,2-8H2,1H3,(H,16,17). The molecule has 2 fully saturated rings. The van der Waals surface area contributed by atoms with E-state index in [1.807, 2.05) is 4.90 Å². The molecule has 17 heavy (non-hydrogen) atoms. The maximum Gasteiger partial charge on any atom is 0.306 e. The van der Waals surface area contributed by atoms with Gasteiger partial charge in [-0.2, -0.15) is 0 Å². The zero-order chi connectivity index (χ0) is 12.4. The Morgan fingerprint density at radius 1 is 1.06 bits per heavy atom. The van der Waals surface area contributed by atoms with Crippen LogP contribution in [-0.4, -0.2) is 35.0 Å². The summed E-state index contributed by atoms with van der Waals surface area (Å²) >= 11 is 0. The number of likely N-dealkylation sites (tertiary alicyclic amines) is 1. The van der Waals surface area contributed by atoms with Gasteiger partial charge in [0.2, 0.25) is 5.91 Å². The molecule has 1 heterocycles. The minimum atomic E-state index is -0.703. The highest BCUT2D eigenvalue weighted by molar-refractivity contribution is 5.79. The van der Waals surface area contributed by atoms with E-state index >= 15 is 0 Å². The number of hydrogen-bond donors (Lipinski definition) is 1. The molecule has 0 spiro atoms. The van der Waals surface area contributed by atoms with Crippen LogP contribution in [0, 0.1) is 17.8 Å². The first-order valence-electron chi connectivity index (χ1n) is 6.59. The average Bonchev–Trinajstić information content (AvgIpc) is 2.75. The first-order chi connectivity index (χ1) is 8.08. The average molecular weight is 239 g/mol. The predicted octanol–water partition coefficient (Wildman–Crippen LogP) is 1.75. The summed E-state index contributed by atoms with van der Waals surface area (Å²) < 4.78 is 0. The van der Waals surface area contributed by atoms with Crippen LogP contribution in [-0.2, 0) is 9.59 Å². The summed E-state index contributed by atoms with van der Waals surface area (Å²) in [6.45, 7) is 3.95. The van der Waals surface area contributed by atoms with Crippen molar-refractivity contribution in [2.75, 3.05) is 13.1 Å². The number of amides is 1. The quantitative estimate of drug-likeness (QED) is 0.798. The molecule has 4 heteroatoms. The lowest BCUT2D eigenvalue weighted by molar-refractivity contribution is -0.145. The minimum absolute atomic E-state index is 0.0795. The van der Waals surface area contributed by atoms with Crippen molar-refractivity contribution >= 4 is 11.9 Å². The Balaban J connectivity index is 1.84. The van der Waals surface area contributed by atoms with E-state index in [0.717, 1.165) is 32.4 Å². The lowest BCUT2D eigenvalue weighted by Crippen LogP contribution is -2.36. The van der Waals surface area contributed by atoms with Crippen molar-refractivity contribution in [3.63, 3.8) is 0 Å². The number of aliphatic carboxylic acids is 1. The van der Waals surface area contributed by atoms with Crippen LogP contribution in [0.1, 0.15) is 39.0 Å². The van der Waals surface area contributed by atoms with Crippen molar-refractivity contribution in [1.29, 1.82) is 0 Å². The Morgan fingerprint density at radius 2 is 1.65 bits per heavy atom. The van der Waals surface area contributed by atoms with Crippen molar-refractivity contribution in [1.82, 2.24) is 4.90 Å². The van der Waals surface area contributed by atoms with E-state index in [9.17, 15) is 9.59 Å². The van der Waals surface area contributed by atoms with Crippen LogP contribution in [0.5, 0.6) is 0 Å². The molecule has 1 amide bonds. The van der Waals surface area contributed by atoms with E-state index in [4.69, 9.17) is 5.11 Å².